The summed E-state index contributed by atoms with van der Waals surface area (Å²) in [5.74, 6) is -0.761. The van der Waals surface area contributed by atoms with Crippen LogP contribution in [0.5, 0.6) is 0 Å². The number of aryl methyl sites for hydroxylation is 2. The van der Waals surface area contributed by atoms with Gasteiger partial charge in [0.15, 0.2) is 5.78 Å². The van der Waals surface area contributed by atoms with Gasteiger partial charge in [-0.25, -0.2) is 0 Å². The van der Waals surface area contributed by atoms with Crippen LogP contribution in [0.2, 0.25) is 0 Å². The standard InChI is InChI=1S/C12H12O2/c1-8(13)12(14)11-6-5-9-3-2-4-10(9)7-11/h5-7H,2-4H2,1H3. The summed E-state index contributed by atoms with van der Waals surface area (Å²) < 4.78 is 0. The number of fused-ring (bicyclic) bond motifs is 1. The number of ketones is 2. The van der Waals surface area contributed by atoms with Crippen molar-refractivity contribution in [1.29, 1.82) is 0 Å². The molecule has 0 atom stereocenters. The van der Waals surface area contributed by atoms with Gasteiger partial charge in [0, 0.05) is 12.5 Å². The van der Waals surface area contributed by atoms with Gasteiger partial charge in [0.1, 0.15) is 0 Å². The average molecular weight is 188 g/mol. The van der Waals surface area contributed by atoms with E-state index in [-0.39, 0.29) is 11.6 Å². The molecule has 72 valence electrons. The number of rotatable bonds is 2. The summed E-state index contributed by atoms with van der Waals surface area (Å²) in [5.41, 5.74) is 3.10. The lowest BCUT2D eigenvalue weighted by Gasteiger charge is -2.01. The van der Waals surface area contributed by atoms with Gasteiger partial charge in [0.2, 0.25) is 5.78 Å². The summed E-state index contributed by atoms with van der Waals surface area (Å²) in [6.07, 6.45) is 3.30. The first-order chi connectivity index (χ1) is 6.68. The predicted molar refractivity (Wildman–Crippen MR) is 53.5 cm³/mol. The molecule has 0 N–H and O–H groups in total. The molecule has 14 heavy (non-hydrogen) atoms. The first kappa shape index (κ1) is 9.13. The zero-order chi connectivity index (χ0) is 10.1. The Bertz CT molecular complexity index is 405. The van der Waals surface area contributed by atoms with Crippen LogP contribution in [0.4, 0.5) is 0 Å². The molecule has 1 aliphatic carbocycles. The lowest BCUT2D eigenvalue weighted by Crippen LogP contribution is -2.09. The van der Waals surface area contributed by atoms with Crippen molar-refractivity contribution in [2.24, 2.45) is 0 Å². The van der Waals surface area contributed by atoms with Gasteiger partial charge in [-0.1, -0.05) is 12.1 Å². The third-order valence-electron chi connectivity index (χ3n) is 2.68. The minimum Gasteiger partial charge on any atom is -0.291 e. The zero-order valence-electron chi connectivity index (χ0n) is 8.17. The number of carbonyl (C=O) groups excluding carboxylic acids is 2. The average Bonchev–Trinajstić information content (AvgIpc) is 2.62. The van der Waals surface area contributed by atoms with Gasteiger partial charge in [-0.15, -0.1) is 0 Å². The van der Waals surface area contributed by atoms with E-state index < -0.39 is 0 Å². The summed E-state index contributed by atoms with van der Waals surface area (Å²) in [5, 5.41) is 0. The molecule has 2 nitrogen and oxygen atoms in total. The molecule has 0 amide bonds. The van der Waals surface area contributed by atoms with Crippen molar-refractivity contribution >= 4 is 11.6 Å². The van der Waals surface area contributed by atoms with E-state index in [1.165, 1.54) is 18.1 Å². The van der Waals surface area contributed by atoms with Crippen LogP contribution in [0, 0.1) is 0 Å². The fourth-order valence-electron chi connectivity index (χ4n) is 1.92. The van der Waals surface area contributed by atoms with Gasteiger partial charge in [-0.05, 0) is 36.5 Å². The number of Topliss-reactive ketones (excluding diaryl/α,β-unsaturated/α-hetero) is 2. The Labute approximate surface area is 82.9 Å². The molecular weight excluding hydrogens is 176 g/mol. The molecule has 0 fully saturated rings. The molecule has 1 aliphatic rings. The molecule has 0 unspecified atom stereocenters. The lowest BCUT2D eigenvalue weighted by atomic mass is 10.0. The van der Waals surface area contributed by atoms with E-state index in [4.69, 9.17) is 0 Å². The van der Waals surface area contributed by atoms with Crippen LogP contribution in [-0.4, -0.2) is 11.6 Å². The topological polar surface area (TPSA) is 34.1 Å². The molecule has 0 heterocycles. The van der Waals surface area contributed by atoms with Crippen LogP contribution < -0.4 is 0 Å². The highest BCUT2D eigenvalue weighted by Gasteiger charge is 2.15. The minimum atomic E-state index is -0.386. The van der Waals surface area contributed by atoms with Crippen molar-refractivity contribution in [2.45, 2.75) is 26.2 Å². The molecule has 0 aromatic heterocycles. The van der Waals surface area contributed by atoms with Crippen LogP contribution in [-0.2, 0) is 17.6 Å². The van der Waals surface area contributed by atoms with Crippen molar-refractivity contribution in [2.75, 3.05) is 0 Å². The Kier molecular flexibility index (Phi) is 2.20. The highest BCUT2D eigenvalue weighted by molar-refractivity contribution is 6.42. The van der Waals surface area contributed by atoms with Crippen LogP contribution in [0.1, 0.15) is 34.8 Å². The largest absolute Gasteiger partial charge is 0.291 e. The molecule has 0 saturated carbocycles. The van der Waals surface area contributed by atoms with Gasteiger partial charge in [0.25, 0.3) is 0 Å². The van der Waals surface area contributed by atoms with E-state index >= 15 is 0 Å². The van der Waals surface area contributed by atoms with Crippen LogP contribution in [0.15, 0.2) is 18.2 Å². The molecule has 0 aliphatic heterocycles. The van der Waals surface area contributed by atoms with Crippen molar-refractivity contribution in [3.05, 3.63) is 34.9 Å². The van der Waals surface area contributed by atoms with Gasteiger partial charge in [0.05, 0.1) is 0 Å². The van der Waals surface area contributed by atoms with Crippen molar-refractivity contribution < 1.29 is 9.59 Å². The molecular formula is C12H12O2. The summed E-state index contributed by atoms with van der Waals surface area (Å²) in [4.78, 5) is 22.3. The molecule has 0 spiro atoms. The number of hydrogen-bond acceptors (Lipinski definition) is 2. The normalized spacial score (nSPS) is 13.8. The summed E-state index contributed by atoms with van der Waals surface area (Å²) in [6, 6.07) is 5.60. The zero-order valence-corrected chi connectivity index (χ0v) is 8.17. The van der Waals surface area contributed by atoms with Crippen molar-refractivity contribution in [3.63, 3.8) is 0 Å². The second kappa shape index (κ2) is 3.37. The van der Waals surface area contributed by atoms with Gasteiger partial charge < -0.3 is 0 Å². The highest BCUT2D eigenvalue weighted by atomic mass is 16.2. The van der Waals surface area contributed by atoms with E-state index in [0.29, 0.717) is 5.56 Å². The van der Waals surface area contributed by atoms with Gasteiger partial charge in [-0.3, -0.25) is 9.59 Å². The van der Waals surface area contributed by atoms with E-state index in [9.17, 15) is 9.59 Å². The van der Waals surface area contributed by atoms with Crippen molar-refractivity contribution in [3.8, 4) is 0 Å². The number of hydrogen-bond donors (Lipinski definition) is 0. The molecule has 0 saturated heterocycles. The summed E-state index contributed by atoms with van der Waals surface area (Å²) in [7, 11) is 0. The fourth-order valence-corrected chi connectivity index (χ4v) is 1.92. The molecule has 1 aromatic carbocycles. The Hall–Kier alpha value is -1.44. The minimum absolute atomic E-state index is 0.375. The summed E-state index contributed by atoms with van der Waals surface area (Å²) in [6.45, 7) is 1.32. The van der Waals surface area contributed by atoms with E-state index in [2.05, 4.69) is 0 Å². The highest BCUT2D eigenvalue weighted by Crippen LogP contribution is 2.22. The Morgan fingerprint density at radius 3 is 2.57 bits per heavy atom. The van der Waals surface area contributed by atoms with Gasteiger partial charge >= 0.3 is 0 Å². The summed E-state index contributed by atoms with van der Waals surface area (Å²) >= 11 is 0. The number of benzene rings is 1. The molecule has 2 heteroatoms. The fraction of sp³-hybridized carbons (Fsp3) is 0.333. The molecule has 2 rings (SSSR count). The number of carbonyl (C=O) groups is 2. The third kappa shape index (κ3) is 1.48. The molecule has 0 radical (unpaired) electrons. The monoisotopic (exact) mass is 188 g/mol. The molecule has 0 bridgehead atoms. The third-order valence-corrected chi connectivity index (χ3v) is 2.68. The maximum absolute atomic E-state index is 11.4. The van der Waals surface area contributed by atoms with Gasteiger partial charge in [-0.2, -0.15) is 0 Å². The lowest BCUT2D eigenvalue weighted by molar-refractivity contribution is -0.113. The first-order valence-electron chi connectivity index (χ1n) is 4.85. The van der Waals surface area contributed by atoms with Crippen molar-refractivity contribution in [1.82, 2.24) is 0 Å². The molecule has 1 aromatic rings. The second-order valence-corrected chi connectivity index (χ2v) is 3.72. The van der Waals surface area contributed by atoms with Crippen LogP contribution in [0.25, 0.3) is 0 Å². The SMILES string of the molecule is CC(=O)C(=O)c1ccc2c(c1)CCC2. The van der Waals surface area contributed by atoms with E-state index in [0.717, 1.165) is 19.3 Å². The van der Waals surface area contributed by atoms with E-state index in [1.54, 1.807) is 6.07 Å². The van der Waals surface area contributed by atoms with Crippen LogP contribution in [0.3, 0.4) is 0 Å². The Balaban J connectivity index is 2.38. The Morgan fingerprint density at radius 1 is 1.14 bits per heavy atom. The van der Waals surface area contributed by atoms with Crippen LogP contribution >= 0.6 is 0 Å². The quantitative estimate of drug-likeness (QED) is 0.525. The maximum atomic E-state index is 11.4. The predicted octanol–water partition coefficient (Wildman–Crippen LogP) is 1.95. The first-order valence-corrected chi connectivity index (χ1v) is 4.85. The van der Waals surface area contributed by atoms with E-state index in [1.807, 2.05) is 12.1 Å². The maximum Gasteiger partial charge on any atom is 0.228 e. The second-order valence-electron chi connectivity index (χ2n) is 3.72. The Morgan fingerprint density at radius 2 is 1.86 bits per heavy atom. The smallest absolute Gasteiger partial charge is 0.228 e.